The van der Waals surface area contributed by atoms with Crippen LogP contribution in [0.25, 0.3) is 0 Å². The van der Waals surface area contributed by atoms with Gasteiger partial charge in [0.2, 0.25) is 0 Å². The molecule has 2 heterocycles. The van der Waals surface area contributed by atoms with Gasteiger partial charge in [0.1, 0.15) is 5.75 Å². The smallest absolute Gasteiger partial charge is 0.311 e. The fourth-order valence-corrected chi connectivity index (χ4v) is 3.57. The maximum Gasteiger partial charge on any atom is 0.311 e. The van der Waals surface area contributed by atoms with Crippen LogP contribution in [-0.2, 0) is 9.53 Å². The number of rotatable bonds is 6. The predicted octanol–water partition coefficient (Wildman–Crippen LogP) is 1.88. The second kappa shape index (κ2) is 6.67. The minimum Gasteiger partial charge on any atom is -0.494 e. The Kier molecular flexibility index (Phi) is 4.64. The van der Waals surface area contributed by atoms with E-state index in [9.17, 15) is 9.90 Å². The number of nitrogens with zero attached hydrogens (tertiary/aromatic N) is 1. The first-order chi connectivity index (χ1) is 10.7. The van der Waals surface area contributed by atoms with Crippen molar-refractivity contribution in [3.8, 4) is 5.75 Å². The molecule has 5 heteroatoms. The van der Waals surface area contributed by atoms with Crippen LogP contribution < -0.4 is 4.74 Å². The van der Waals surface area contributed by atoms with Crippen molar-refractivity contribution in [1.29, 1.82) is 0 Å². The molecule has 2 aliphatic rings. The first kappa shape index (κ1) is 15.3. The number of para-hydroxylation sites is 1. The second-order valence-corrected chi connectivity index (χ2v) is 6.23. The highest BCUT2D eigenvalue weighted by atomic mass is 16.5. The fraction of sp³-hybridized carbons (Fsp3) is 0.588. The lowest BCUT2D eigenvalue weighted by atomic mass is 9.74. The molecule has 0 unspecified atom stereocenters. The first-order valence-electron chi connectivity index (χ1n) is 7.92. The molecule has 120 valence electrons. The van der Waals surface area contributed by atoms with E-state index in [0.717, 1.165) is 25.3 Å². The summed E-state index contributed by atoms with van der Waals surface area (Å²) in [6.45, 7) is 4.12. The highest BCUT2D eigenvalue weighted by molar-refractivity contribution is 5.76. The summed E-state index contributed by atoms with van der Waals surface area (Å²) < 4.78 is 11.2. The van der Waals surface area contributed by atoms with Gasteiger partial charge >= 0.3 is 5.97 Å². The largest absolute Gasteiger partial charge is 0.494 e. The molecule has 0 radical (unpaired) electrons. The summed E-state index contributed by atoms with van der Waals surface area (Å²) in [5, 5.41) is 9.63. The van der Waals surface area contributed by atoms with E-state index in [2.05, 4.69) is 4.90 Å². The molecular weight excluding hydrogens is 282 g/mol. The van der Waals surface area contributed by atoms with Gasteiger partial charge < -0.3 is 19.5 Å². The molecule has 0 aromatic heterocycles. The summed E-state index contributed by atoms with van der Waals surface area (Å²) in [6, 6.07) is 9.77. The van der Waals surface area contributed by atoms with E-state index in [1.54, 1.807) is 0 Å². The Balaban J connectivity index is 1.47. The van der Waals surface area contributed by atoms with Crippen LogP contribution in [0.15, 0.2) is 30.3 Å². The van der Waals surface area contributed by atoms with E-state index >= 15 is 0 Å². The van der Waals surface area contributed by atoms with E-state index in [4.69, 9.17) is 9.47 Å². The molecule has 2 saturated heterocycles. The van der Waals surface area contributed by atoms with Crippen molar-refractivity contribution in [2.75, 3.05) is 39.5 Å². The van der Waals surface area contributed by atoms with Gasteiger partial charge in [0.25, 0.3) is 0 Å². The molecule has 3 rings (SSSR count). The molecule has 5 nitrogen and oxygen atoms in total. The summed E-state index contributed by atoms with van der Waals surface area (Å²) in [5.41, 5.74) is -0.599. The number of aliphatic carboxylic acids is 1. The highest BCUT2D eigenvalue weighted by Crippen LogP contribution is 2.42. The fourth-order valence-electron chi connectivity index (χ4n) is 3.57. The van der Waals surface area contributed by atoms with Crippen molar-refractivity contribution in [3.05, 3.63) is 30.3 Å². The lowest BCUT2D eigenvalue weighted by Crippen LogP contribution is -2.44. The quantitative estimate of drug-likeness (QED) is 0.813. The third kappa shape index (κ3) is 3.10. The Morgan fingerprint density at radius 1 is 1.41 bits per heavy atom. The molecule has 2 atom stereocenters. The Labute approximate surface area is 130 Å². The number of carbonyl (C=O) groups is 1. The molecule has 0 aliphatic carbocycles. The predicted molar refractivity (Wildman–Crippen MR) is 82.0 cm³/mol. The molecular formula is C17H23NO4. The first-order valence-corrected chi connectivity index (χ1v) is 7.92. The lowest BCUT2D eigenvalue weighted by molar-refractivity contribution is -0.157. The van der Waals surface area contributed by atoms with E-state index in [-0.39, 0.29) is 5.92 Å². The standard InChI is InChI=1S/C17H23NO4/c19-16(20)17-7-10-21-12-14(17)11-18(13-17)8-4-9-22-15-5-2-1-3-6-15/h1-3,5-6,14H,4,7-13H2,(H,19,20)/t14-,17+/m1/s1. The molecule has 2 fully saturated rings. The Morgan fingerprint density at radius 3 is 2.95 bits per heavy atom. The van der Waals surface area contributed by atoms with Gasteiger partial charge in [-0.25, -0.2) is 0 Å². The van der Waals surface area contributed by atoms with Crippen LogP contribution in [0.2, 0.25) is 0 Å². The zero-order valence-electron chi connectivity index (χ0n) is 12.7. The van der Waals surface area contributed by atoms with Gasteiger partial charge in [-0.1, -0.05) is 18.2 Å². The maximum atomic E-state index is 11.7. The van der Waals surface area contributed by atoms with Gasteiger partial charge in [0.15, 0.2) is 0 Å². The zero-order valence-corrected chi connectivity index (χ0v) is 12.7. The maximum absolute atomic E-state index is 11.7. The third-order valence-electron chi connectivity index (χ3n) is 4.83. The average Bonchev–Trinajstić information content (AvgIpc) is 2.92. The number of hydrogen-bond acceptors (Lipinski definition) is 4. The Hall–Kier alpha value is -1.59. The van der Waals surface area contributed by atoms with Gasteiger partial charge in [0, 0.05) is 32.2 Å². The summed E-state index contributed by atoms with van der Waals surface area (Å²) >= 11 is 0. The van der Waals surface area contributed by atoms with Gasteiger partial charge in [-0.2, -0.15) is 0 Å². The monoisotopic (exact) mass is 305 g/mol. The van der Waals surface area contributed by atoms with Crippen LogP contribution in [0.1, 0.15) is 12.8 Å². The van der Waals surface area contributed by atoms with Crippen molar-refractivity contribution in [2.45, 2.75) is 12.8 Å². The molecule has 0 amide bonds. The van der Waals surface area contributed by atoms with Crippen molar-refractivity contribution in [2.24, 2.45) is 11.3 Å². The molecule has 0 bridgehead atoms. The summed E-state index contributed by atoms with van der Waals surface area (Å²) in [6.07, 6.45) is 1.53. The zero-order chi connectivity index (χ0) is 15.4. The number of likely N-dealkylation sites (tertiary alicyclic amines) is 1. The number of hydrogen-bond donors (Lipinski definition) is 1. The molecule has 0 spiro atoms. The number of fused-ring (bicyclic) bond motifs is 1. The number of ether oxygens (including phenoxy) is 2. The van der Waals surface area contributed by atoms with Crippen molar-refractivity contribution >= 4 is 5.97 Å². The van der Waals surface area contributed by atoms with Gasteiger partial charge in [-0.05, 0) is 25.0 Å². The van der Waals surface area contributed by atoms with Crippen molar-refractivity contribution in [3.63, 3.8) is 0 Å². The van der Waals surface area contributed by atoms with Crippen LogP contribution in [0.4, 0.5) is 0 Å². The molecule has 1 N–H and O–H groups in total. The SMILES string of the molecule is O=C(O)[C@]12CCOC[C@H]1CN(CCCOc1ccccc1)C2. The van der Waals surface area contributed by atoms with Crippen LogP contribution in [0.5, 0.6) is 5.75 Å². The molecule has 2 aliphatic heterocycles. The minimum absolute atomic E-state index is 0.119. The number of carboxylic acid groups (broad SMARTS) is 1. The average molecular weight is 305 g/mol. The van der Waals surface area contributed by atoms with Crippen molar-refractivity contribution < 1.29 is 19.4 Å². The van der Waals surface area contributed by atoms with Crippen LogP contribution in [0, 0.1) is 11.3 Å². The summed E-state index contributed by atoms with van der Waals surface area (Å²) in [7, 11) is 0. The van der Waals surface area contributed by atoms with Crippen molar-refractivity contribution in [1.82, 2.24) is 4.90 Å². The summed E-state index contributed by atoms with van der Waals surface area (Å²) in [4.78, 5) is 14.0. The van der Waals surface area contributed by atoms with E-state index < -0.39 is 11.4 Å². The molecule has 22 heavy (non-hydrogen) atoms. The third-order valence-corrected chi connectivity index (χ3v) is 4.83. The van der Waals surface area contributed by atoms with Gasteiger partial charge in [-0.3, -0.25) is 4.79 Å². The number of benzene rings is 1. The van der Waals surface area contributed by atoms with Gasteiger partial charge in [-0.15, -0.1) is 0 Å². The van der Waals surface area contributed by atoms with E-state index in [0.29, 0.717) is 32.8 Å². The summed E-state index contributed by atoms with van der Waals surface area (Å²) in [5.74, 6) is 0.339. The van der Waals surface area contributed by atoms with Gasteiger partial charge in [0.05, 0.1) is 18.6 Å². The number of carboxylic acids is 1. The Morgan fingerprint density at radius 2 is 2.23 bits per heavy atom. The van der Waals surface area contributed by atoms with Crippen LogP contribution in [0.3, 0.4) is 0 Å². The normalized spacial score (nSPS) is 28.3. The molecule has 1 aromatic carbocycles. The highest BCUT2D eigenvalue weighted by Gasteiger charge is 2.53. The van der Waals surface area contributed by atoms with Crippen LogP contribution in [-0.4, -0.2) is 55.4 Å². The Bertz CT molecular complexity index is 507. The van der Waals surface area contributed by atoms with E-state index in [1.807, 2.05) is 30.3 Å². The second-order valence-electron chi connectivity index (χ2n) is 6.23. The molecule has 1 aromatic rings. The minimum atomic E-state index is -0.663. The van der Waals surface area contributed by atoms with Crippen LogP contribution >= 0.6 is 0 Å². The molecule has 0 saturated carbocycles. The lowest BCUT2D eigenvalue weighted by Gasteiger charge is -2.34. The van der Waals surface area contributed by atoms with E-state index in [1.165, 1.54) is 0 Å². The topological polar surface area (TPSA) is 59.0 Å².